The molecule has 3 fully saturated rings. The number of H-pyrrole nitrogens is 1. The molecule has 5 amide bonds. The van der Waals surface area contributed by atoms with Gasteiger partial charge < -0.3 is 85.0 Å². The van der Waals surface area contributed by atoms with Gasteiger partial charge in [-0.15, -0.1) is 56.7 Å². The van der Waals surface area contributed by atoms with Gasteiger partial charge in [0.2, 0.25) is 5.91 Å². The Morgan fingerprint density at radius 2 is 1.53 bits per heavy atom. The summed E-state index contributed by atoms with van der Waals surface area (Å²) in [7, 11) is 3.27. The van der Waals surface area contributed by atoms with Crippen LogP contribution in [0.1, 0.15) is 137 Å². The van der Waals surface area contributed by atoms with Gasteiger partial charge in [-0.1, -0.05) is 12.1 Å². The molecule has 0 radical (unpaired) electrons. The number of carbonyl (C=O) groups is 7. The molecule has 3 saturated heterocycles. The van der Waals surface area contributed by atoms with Crippen LogP contribution < -0.4 is 31.9 Å². The lowest BCUT2D eigenvalue weighted by molar-refractivity contribution is -0.269. The molecule has 6 aliphatic heterocycles. The van der Waals surface area contributed by atoms with Crippen LogP contribution in [-0.4, -0.2) is 192 Å². The first-order chi connectivity index (χ1) is 50.1. The number of carbonyl (C=O) groups excluding carboxylic acids is 7. The van der Waals surface area contributed by atoms with Gasteiger partial charge in [0.1, 0.15) is 137 Å². The number of nitrogens with one attached hydrogen (secondary N) is 5. The van der Waals surface area contributed by atoms with Gasteiger partial charge in [-0.2, -0.15) is 0 Å². The molecule has 104 heavy (non-hydrogen) atoms. The SMILES string of the molecule is CO/C(C)=C1/NC(=O)[C@H]([C@@H](C)O)NC(=O)c2csc(n2)-c2cc(O)c(-c3nc(C(N)=O)cs3)nc2-c2csc(n2)[C@@H]2COC(=O)c3[nH]c4cccc5c4c3COC([C@H](O[C@H]3C[C@]4(C)OC(c6ccc(N7CCOCC7)nc6)N(C)[C@@H]4[C@H](C)O3)C(=O)OC5)[C@H](NC(=O)c3csc1n3)c1nc(cs1)C(=O)N2. The van der Waals surface area contributed by atoms with Crippen LogP contribution in [-0.2, 0) is 60.7 Å². The Morgan fingerprint density at radius 1 is 0.817 bits per heavy atom. The van der Waals surface area contributed by atoms with Crippen molar-refractivity contribution in [2.24, 2.45) is 5.73 Å². The molecule has 12 bridgehead atoms. The minimum Gasteiger partial charge on any atom is -0.506 e. The molecule has 15 rings (SSSR count). The van der Waals surface area contributed by atoms with E-state index >= 15 is 19.2 Å². The Hall–Kier alpha value is -9.64. The van der Waals surface area contributed by atoms with Crippen LogP contribution in [0.5, 0.6) is 5.75 Å². The van der Waals surface area contributed by atoms with E-state index in [4.69, 9.17) is 63.6 Å². The number of hydrogen-bond acceptors (Lipinski definition) is 31. The maximum absolute atomic E-state index is 15.5. The predicted molar refractivity (Wildman–Crippen MR) is 375 cm³/mol. The van der Waals surface area contributed by atoms with Gasteiger partial charge in [-0.25, -0.2) is 44.5 Å². The smallest absolute Gasteiger partial charge is 0.355 e. The molecule has 0 spiro atoms. The summed E-state index contributed by atoms with van der Waals surface area (Å²) < 4.78 is 51.5. The fraction of sp³-hybridized carbons (Fsp3) is 0.373. The maximum atomic E-state index is 15.5. The van der Waals surface area contributed by atoms with Crippen molar-refractivity contribution in [2.45, 2.75) is 114 Å². The highest BCUT2D eigenvalue weighted by molar-refractivity contribution is 7.14. The third-order valence-electron chi connectivity index (χ3n) is 18.6. The number of likely N-dealkylation sites (N-methyl/N-ethyl adjacent to an activating group) is 1. The number of hydrogen-bond donors (Lipinski definition) is 8. The number of morpholine rings is 1. The summed E-state index contributed by atoms with van der Waals surface area (Å²) in [6.07, 6.45) is -5.63. The molecule has 32 nitrogen and oxygen atoms in total. The zero-order chi connectivity index (χ0) is 72.6. The number of ether oxygens (including phenoxy) is 8. The standard InChI is InChI=1S/C67H65N15O17S5/c1-27(83)45-58(89)79-46(28(2)92-6)61-75-40(26-103-61)57(88)80-50-51-52(98-43-17-67(4)53(29(3)97-43)81(5)64(99-67)30-10-11-42(69-18-30)82-12-14-93-15-13-82)66(91)95-19-31-8-7-9-34-44(31)33(20-94-51)48(70-34)65(90)96-21-35(71-55(86)38-25-104-63(50)76-38)60-72-36(22-101-60)47-32(59-74-39(24-100-59)56(87)78-45)16-41(84)49(77-47)62-73-37(23-102-62)54(68)85/h7-11,16,18,22-27,29,35,43,45,50-53,64,70,83-84H,12-15,17,19-21H2,1-6H3,(H2,68,85)(H,71,86)(H,78,87)(H,79,89)(H,80,88)/b46-28+/t27-,29+,35+,43+,45+,50+,51?,52+,53-,64?,67+/m1/s1. The Kier molecular flexibility index (Phi) is 19.1. The number of aromatic hydroxyl groups is 1. The van der Waals surface area contributed by atoms with Crippen LogP contribution >= 0.6 is 56.7 Å². The monoisotopic (exact) mass is 1510 g/mol. The summed E-state index contributed by atoms with van der Waals surface area (Å²) in [6.45, 7) is 7.84. The minimum absolute atomic E-state index is 0.00493. The average molecular weight is 1510 g/mol. The molecule has 37 heteroatoms. The number of primary amides is 1. The number of aromatic nitrogens is 8. The zero-order valence-corrected chi connectivity index (χ0v) is 60.1. The highest BCUT2D eigenvalue weighted by Gasteiger charge is 2.58. The van der Waals surface area contributed by atoms with Crippen molar-refractivity contribution in [3.05, 3.63) is 135 Å². The lowest BCUT2D eigenvalue weighted by atomic mass is 9.86. The number of aliphatic hydroxyl groups is 1. The van der Waals surface area contributed by atoms with Gasteiger partial charge in [0.15, 0.2) is 12.4 Å². The van der Waals surface area contributed by atoms with E-state index in [9.17, 15) is 24.6 Å². The van der Waals surface area contributed by atoms with Crippen molar-refractivity contribution < 1.29 is 81.7 Å². The van der Waals surface area contributed by atoms with Crippen LogP contribution in [0.3, 0.4) is 0 Å². The number of fused-ring (bicyclic) bond motifs is 16. The molecule has 9 aromatic rings. The number of anilines is 1. The highest BCUT2D eigenvalue weighted by Crippen LogP contribution is 2.49. The number of amides is 5. The molecule has 6 aliphatic rings. The number of aromatic amines is 1. The van der Waals surface area contributed by atoms with Crippen molar-refractivity contribution in [1.29, 1.82) is 0 Å². The minimum atomic E-state index is -1.83. The van der Waals surface area contributed by atoms with Crippen molar-refractivity contribution in [3.8, 4) is 38.4 Å². The summed E-state index contributed by atoms with van der Waals surface area (Å²) in [4.78, 5) is 143. The van der Waals surface area contributed by atoms with Gasteiger partial charge >= 0.3 is 11.9 Å². The molecule has 8 aromatic heterocycles. The highest BCUT2D eigenvalue weighted by atomic mass is 32.1. The van der Waals surface area contributed by atoms with E-state index in [1.54, 1.807) is 29.8 Å². The summed E-state index contributed by atoms with van der Waals surface area (Å²) in [5.41, 5.74) is 5.85. The number of nitrogens with zero attached hydrogens (tertiary/aromatic N) is 9. The number of cyclic esters (lactones) is 2. The summed E-state index contributed by atoms with van der Waals surface area (Å²) in [5.74, 6) is -5.75. The quantitative estimate of drug-likeness (QED) is 0.0649. The normalized spacial score (nSPS) is 25.7. The van der Waals surface area contributed by atoms with Gasteiger partial charge in [0.25, 0.3) is 23.6 Å². The van der Waals surface area contributed by atoms with Gasteiger partial charge in [-0.05, 0) is 64.6 Å². The van der Waals surface area contributed by atoms with Gasteiger partial charge in [0, 0.05) is 80.2 Å². The second-order valence-electron chi connectivity index (χ2n) is 25.4. The first-order valence-corrected chi connectivity index (χ1v) is 37.0. The van der Waals surface area contributed by atoms with E-state index < -0.39 is 121 Å². The topological polar surface area (TPSA) is 420 Å². The van der Waals surface area contributed by atoms with Crippen molar-refractivity contribution in [1.82, 2.24) is 66.0 Å². The number of benzene rings is 1. The maximum Gasteiger partial charge on any atom is 0.355 e. The van der Waals surface area contributed by atoms with E-state index in [-0.39, 0.29) is 112 Å². The molecular weight excluding hydrogens is 1450 g/mol. The lowest BCUT2D eigenvalue weighted by Gasteiger charge is -2.45. The fourth-order valence-electron chi connectivity index (χ4n) is 13.6. The summed E-state index contributed by atoms with van der Waals surface area (Å²) in [6, 6.07) is 5.58. The van der Waals surface area contributed by atoms with E-state index in [1.165, 1.54) is 48.5 Å². The van der Waals surface area contributed by atoms with Crippen molar-refractivity contribution >= 4 is 121 Å². The fourth-order valence-corrected chi connectivity index (χ4v) is 17.8. The second-order valence-corrected chi connectivity index (χ2v) is 29.8. The van der Waals surface area contributed by atoms with E-state index in [0.717, 1.165) is 68.1 Å². The van der Waals surface area contributed by atoms with Gasteiger partial charge in [0.05, 0.1) is 50.8 Å². The molecular formula is C67H65N15O17S5. The number of thiazole rings is 5. The van der Waals surface area contributed by atoms with Crippen molar-refractivity contribution in [3.63, 3.8) is 0 Å². The first-order valence-electron chi connectivity index (χ1n) is 32.6. The largest absolute Gasteiger partial charge is 0.506 e. The van der Waals surface area contributed by atoms with Crippen molar-refractivity contribution in [2.75, 3.05) is 52.0 Å². The molecule has 9 N–H and O–H groups in total. The third kappa shape index (κ3) is 13.3. The van der Waals surface area contributed by atoms with Crippen LogP contribution in [0.2, 0.25) is 0 Å². The van der Waals surface area contributed by atoms with Crippen LogP contribution in [0.15, 0.2) is 75.3 Å². The average Bonchev–Trinajstić information content (AvgIpc) is 1.63. The Bertz CT molecular complexity index is 4930. The van der Waals surface area contributed by atoms with E-state index in [1.807, 2.05) is 33.0 Å². The molecule has 11 atom stereocenters. The molecule has 2 unspecified atom stereocenters. The third-order valence-corrected chi connectivity index (χ3v) is 23.1. The zero-order valence-electron chi connectivity index (χ0n) is 56.0. The van der Waals surface area contributed by atoms with Crippen LogP contribution in [0.25, 0.3) is 49.3 Å². The molecule has 14 heterocycles. The number of esters is 2. The number of methoxy groups -OCH3 is 1. The Morgan fingerprint density at radius 3 is 2.28 bits per heavy atom. The number of nitrogens with two attached hydrogens (primary N) is 1. The van der Waals surface area contributed by atoms with Crippen LogP contribution in [0.4, 0.5) is 5.82 Å². The second kappa shape index (κ2) is 28.4. The Balaban J connectivity index is 0.856. The summed E-state index contributed by atoms with van der Waals surface area (Å²) in [5, 5.41) is 42.2. The predicted octanol–water partition coefficient (Wildman–Crippen LogP) is 5.89. The number of pyridine rings is 2. The van der Waals surface area contributed by atoms with E-state index in [0.29, 0.717) is 42.8 Å². The first kappa shape index (κ1) is 70.0. The van der Waals surface area contributed by atoms with Crippen LogP contribution in [0, 0.1) is 0 Å². The number of aliphatic hydroxyl groups excluding tert-OH is 1. The molecule has 0 aliphatic carbocycles. The van der Waals surface area contributed by atoms with Gasteiger partial charge in [-0.3, -0.25) is 28.9 Å². The lowest BCUT2D eigenvalue weighted by Crippen LogP contribution is -2.58. The molecule has 0 saturated carbocycles. The summed E-state index contributed by atoms with van der Waals surface area (Å²) >= 11 is 4.80. The number of rotatable bonds is 8. The number of allylic oxidation sites excluding steroid dienone is 1. The van der Waals surface area contributed by atoms with E-state index in [2.05, 4.69) is 51.0 Å². The molecule has 540 valence electrons. The Labute approximate surface area is 610 Å². The molecule has 1 aromatic carbocycles.